The van der Waals surface area contributed by atoms with E-state index in [1.165, 1.54) is 28.0 Å². The van der Waals surface area contributed by atoms with Crippen LogP contribution >= 0.6 is 0 Å². The van der Waals surface area contributed by atoms with Crippen LogP contribution in [0.3, 0.4) is 0 Å². The minimum atomic E-state index is 0.410. The third kappa shape index (κ3) is 3.45. The molecule has 0 atom stereocenters. The van der Waals surface area contributed by atoms with Crippen LogP contribution in [0.15, 0.2) is 65.9 Å². The zero-order valence-electron chi connectivity index (χ0n) is 16.9. The Morgan fingerprint density at radius 3 is 2.57 bits per heavy atom. The normalized spacial score (nSPS) is 13.8. The van der Waals surface area contributed by atoms with Gasteiger partial charge < -0.3 is 0 Å². The van der Waals surface area contributed by atoms with E-state index in [1.807, 2.05) is 18.5 Å². The summed E-state index contributed by atoms with van der Waals surface area (Å²) >= 11 is 0. The smallest absolute Gasteiger partial charge is 0.144 e. The van der Waals surface area contributed by atoms with Crippen LogP contribution in [-0.4, -0.2) is 22.3 Å². The Bertz CT molecular complexity index is 1020. The van der Waals surface area contributed by atoms with Crippen molar-refractivity contribution in [1.29, 1.82) is 0 Å². The van der Waals surface area contributed by atoms with Gasteiger partial charge in [-0.15, -0.1) is 0 Å². The largest absolute Gasteiger partial charge is 0.299 e. The predicted octanol–water partition coefficient (Wildman–Crippen LogP) is 6.08. The molecule has 3 nitrogen and oxygen atoms in total. The molecule has 3 heteroatoms. The van der Waals surface area contributed by atoms with Crippen LogP contribution in [0.4, 0.5) is 0 Å². The van der Waals surface area contributed by atoms with Gasteiger partial charge in [-0.1, -0.05) is 57.2 Å². The highest BCUT2D eigenvalue weighted by molar-refractivity contribution is 6.10. The van der Waals surface area contributed by atoms with Crippen LogP contribution in [0.1, 0.15) is 49.8 Å². The van der Waals surface area contributed by atoms with Gasteiger partial charge in [0, 0.05) is 30.7 Å². The van der Waals surface area contributed by atoms with Gasteiger partial charge in [0.15, 0.2) is 0 Å². The molecule has 1 aliphatic rings. The van der Waals surface area contributed by atoms with E-state index in [4.69, 9.17) is 0 Å². The number of nitrogens with zero attached hydrogens (tertiary/aromatic N) is 3. The molecule has 4 rings (SSSR count). The zero-order chi connectivity index (χ0) is 19.5. The van der Waals surface area contributed by atoms with Crippen molar-refractivity contribution in [3.63, 3.8) is 0 Å². The van der Waals surface area contributed by atoms with Crippen LogP contribution in [-0.2, 0) is 6.42 Å². The second kappa shape index (κ2) is 7.97. The first-order valence-electron chi connectivity index (χ1n) is 10.1. The van der Waals surface area contributed by atoms with Gasteiger partial charge in [0.1, 0.15) is 5.82 Å². The molecule has 0 bridgehead atoms. The number of imidazole rings is 1. The van der Waals surface area contributed by atoms with E-state index in [9.17, 15) is 0 Å². The van der Waals surface area contributed by atoms with Crippen molar-refractivity contribution in [1.82, 2.24) is 9.55 Å². The Hall–Kier alpha value is -2.94. The van der Waals surface area contributed by atoms with Crippen LogP contribution in [0.25, 0.3) is 22.6 Å². The van der Waals surface area contributed by atoms with Crippen molar-refractivity contribution < 1.29 is 0 Å². The van der Waals surface area contributed by atoms with E-state index in [-0.39, 0.29) is 0 Å². The van der Waals surface area contributed by atoms with Gasteiger partial charge in [-0.3, -0.25) is 9.56 Å². The lowest BCUT2D eigenvalue weighted by Gasteiger charge is -2.22. The lowest BCUT2D eigenvalue weighted by atomic mass is 9.90. The standard InChI is InChI=1S/C25H27N3/c1-4-19-15-22(21-11-8-12-26-17-21)16-23(18(2)3)24(19)28-14-13-27-25(28)20-9-6-5-7-10-20/h5-7,9-11,13-18H,4,8,12H2,1-3H3. The Morgan fingerprint density at radius 2 is 1.89 bits per heavy atom. The van der Waals surface area contributed by atoms with Crippen molar-refractivity contribution in [2.45, 2.75) is 39.5 Å². The van der Waals surface area contributed by atoms with Crippen molar-refractivity contribution in [2.75, 3.05) is 6.54 Å². The van der Waals surface area contributed by atoms with Gasteiger partial charge in [-0.25, -0.2) is 4.98 Å². The number of aromatic nitrogens is 2. The number of dihydropyridines is 1. The summed E-state index contributed by atoms with van der Waals surface area (Å²) in [6, 6.07) is 15.1. The quantitative estimate of drug-likeness (QED) is 0.536. The molecule has 0 saturated carbocycles. The molecule has 0 N–H and O–H groups in total. The van der Waals surface area contributed by atoms with E-state index < -0.39 is 0 Å². The molecule has 0 amide bonds. The summed E-state index contributed by atoms with van der Waals surface area (Å²) in [7, 11) is 0. The monoisotopic (exact) mass is 369 g/mol. The highest BCUT2D eigenvalue weighted by Gasteiger charge is 2.19. The average molecular weight is 370 g/mol. The highest BCUT2D eigenvalue weighted by Crippen LogP contribution is 2.34. The molecular formula is C25H27N3. The van der Waals surface area contributed by atoms with Crippen LogP contribution in [0.2, 0.25) is 0 Å². The van der Waals surface area contributed by atoms with E-state index in [0.717, 1.165) is 30.8 Å². The van der Waals surface area contributed by atoms with Gasteiger partial charge in [0.05, 0.1) is 5.69 Å². The maximum atomic E-state index is 4.68. The fourth-order valence-corrected chi connectivity index (χ4v) is 3.88. The molecule has 0 radical (unpaired) electrons. The summed E-state index contributed by atoms with van der Waals surface area (Å²) in [6.07, 6.45) is 10.3. The number of benzene rings is 2. The summed E-state index contributed by atoms with van der Waals surface area (Å²) in [5, 5.41) is 0. The summed E-state index contributed by atoms with van der Waals surface area (Å²) in [5.41, 5.74) is 7.61. The lowest BCUT2D eigenvalue weighted by Crippen LogP contribution is -2.08. The molecule has 3 aromatic rings. The van der Waals surface area contributed by atoms with Gasteiger partial charge in [-0.2, -0.15) is 0 Å². The van der Waals surface area contributed by atoms with Gasteiger partial charge in [0.25, 0.3) is 0 Å². The Morgan fingerprint density at radius 1 is 1.07 bits per heavy atom. The molecule has 0 spiro atoms. The van der Waals surface area contributed by atoms with E-state index >= 15 is 0 Å². The first-order valence-corrected chi connectivity index (χ1v) is 10.1. The minimum Gasteiger partial charge on any atom is -0.299 e. The maximum absolute atomic E-state index is 4.68. The molecule has 2 aromatic carbocycles. The summed E-state index contributed by atoms with van der Waals surface area (Å²) < 4.78 is 2.26. The number of allylic oxidation sites excluding steroid dienone is 1. The average Bonchev–Trinajstić information content (AvgIpc) is 3.23. The van der Waals surface area contributed by atoms with E-state index in [1.54, 1.807) is 0 Å². The second-order valence-corrected chi connectivity index (χ2v) is 7.55. The van der Waals surface area contributed by atoms with Gasteiger partial charge in [-0.05, 0) is 53.2 Å². The minimum absolute atomic E-state index is 0.410. The van der Waals surface area contributed by atoms with Crippen LogP contribution in [0.5, 0.6) is 0 Å². The first-order chi connectivity index (χ1) is 13.7. The van der Waals surface area contributed by atoms with Gasteiger partial charge >= 0.3 is 0 Å². The summed E-state index contributed by atoms with van der Waals surface area (Å²) in [4.78, 5) is 9.16. The number of rotatable bonds is 5. The molecular weight excluding hydrogens is 342 g/mol. The molecule has 1 aromatic heterocycles. The maximum Gasteiger partial charge on any atom is 0.144 e. The summed E-state index contributed by atoms with van der Waals surface area (Å²) in [6.45, 7) is 7.67. The Labute approximate surface area is 167 Å². The number of aliphatic imine (C=N–C) groups is 1. The molecule has 0 unspecified atom stereocenters. The third-order valence-electron chi connectivity index (χ3n) is 5.32. The molecule has 1 aliphatic heterocycles. The zero-order valence-corrected chi connectivity index (χ0v) is 16.9. The van der Waals surface area contributed by atoms with E-state index in [0.29, 0.717) is 5.92 Å². The van der Waals surface area contributed by atoms with Crippen molar-refractivity contribution in [3.8, 4) is 17.1 Å². The summed E-state index contributed by atoms with van der Waals surface area (Å²) in [5.74, 6) is 1.40. The highest BCUT2D eigenvalue weighted by atomic mass is 15.1. The number of aryl methyl sites for hydroxylation is 1. The van der Waals surface area contributed by atoms with Crippen LogP contribution in [0, 0.1) is 0 Å². The van der Waals surface area contributed by atoms with Crippen molar-refractivity contribution in [2.24, 2.45) is 4.99 Å². The predicted molar refractivity (Wildman–Crippen MR) is 118 cm³/mol. The molecule has 28 heavy (non-hydrogen) atoms. The Balaban J connectivity index is 1.92. The van der Waals surface area contributed by atoms with Crippen molar-refractivity contribution >= 4 is 11.8 Å². The fraction of sp³-hybridized carbons (Fsp3) is 0.280. The second-order valence-electron chi connectivity index (χ2n) is 7.55. The van der Waals surface area contributed by atoms with Crippen LogP contribution < -0.4 is 0 Å². The number of hydrogen-bond donors (Lipinski definition) is 0. The SMILES string of the molecule is CCc1cc(C2=CCCN=C2)cc(C(C)C)c1-n1ccnc1-c1ccccc1. The molecule has 0 aliphatic carbocycles. The van der Waals surface area contributed by atoms with Gasteiger partial charge in [0.2, 0.25) is 0 Å². The first kappa shape index (κ1) is 18.4. The Kier molecular flexibility index (Phi) is 5.25. The fourth-order valence-electron chi connectivity index (χ4n) is 3.88. The lowest BCUT2D eigenvalue weighted by molar-refractivity contribution is 0.838. The number of hydrogen-bond acceptors (Lipinski definition) is 2. The molecule has 0 fully saturated rings. The van der Waals surface area contributed by atoms with Crippen molar-refractivity contribution in [3.05, 3.63) is 77.6 Å². The molecule has 142 valence electrons. The molecule has 0 saturated heterocycles. The third-order valence-corrected chi connectivity index (χ3v) is 5.32. The topological polar surface area (TPSA) is 30.2 Å². The van der Waals surface area contributed by atoms with E-state index in [2.05, 4.69) is 84.0 Å². The molecule has 2 heterocycles.